The Balaban J connectivity index is 2.42. The number of amides is 1. The summed E-state index contributed by atoms with van der Waals surface area (Å²) in [7, 11) is 0. The maximum absolute atomic E-state index is 13.9. The zero-order chi connectivity index (χ0) is 14.7. The van der Waals surface area contributed by atoms with E-state index in [1.54, 1.807) is 24.3 Å². The second-order valence-corrected chi connectivity index (χ2v) is 5.25. The van der Waals surface area contributed by atoms with Crippen molar-refractivity contribution in [1.29, 1.82) is 0 Å². The summed E-state index contributed by atoms with van der Waals surface area (Å²) in [5.74, 6) is -0.596. The van der Waals surface area contributed by atoms with Crippen molar-refractivity contribution >= 4 is 27.5 Å². The van der Waals surface area contributed by atoms with Crippen LogP contribution >= 0.6 is 15.9 Å². The van der Waals surface area contributed by atoms with Gasteiger partial charge in [0.2, 0.25) is 0 Å². The third-order valence-electron chi connectivity index (χ3n) is 3.13. The molecule has 0 saturated heterocycles. The third-order valence-corrected chi connectivity index (χ3v) is 3.56. The molecule has 0 spiro atoms. The Kier molecular flexibility index (Phi) is 4.60. The van der Waals surface area contributed by atoms with Gasteiger partial charge in [-0.1, -0.05) is 12.1 Å². The molecule has 0 N–H and O–H groups in total. The van der Waals surface area contributed by atoms with Gasteiger partial charge in [0.25, 0.3) is 5.91 Å². The molecule has 5 heteroatoms. The number of aromatic nitrogens is 1. The van der Waals surface area contributed by atoms with E-state index in [-0.39, 0.29) is 5.91 Å². The number of rotatable bonds is 4. The third kappa shape index (κ3) is 2.77. The lowest BCUT2D eigenvalue weighted by Gasteiger charge is -2.22. The minimum absolute atomic E-state index is 0.204. The Morgan fingerprint density at radius 3 is 2.65 bits per heavy atom. The molecule has 0 atom stereocenters. The highest BCUT2D eigenvalue weighted by Gasteiger charge is 2.21. The first-order valence-electron chi connectivity index (χ1n) is 6.50. The molecule has 1 amide bonds. The molecule has 0 radical (unpaired) electrons. The van der Waals surface area contributed by atoms with Gasteiger partial charge in [0, 0.05) is 23.8 Å². The van der Waals surface area contributed by atoms with E-state index in [0.29, 0.717) is 24.5 Å². The van der Waals surface area contributed by atoms with Crippen LogP contribution in [-0.4, -0.2) is 17.0 Å². The van der Waals surface area contributed by atoms with Crippen LogP contribution in [0.1, 0.15) is 24.3 Å². The summed E-state index contributed by atoms with van der Waals surface area (Å²) in [6.45, 7) is 4.88. The quantitative estimate of drug-likeness (QED) is 0.824. The van der Waals surface area contributed by atoms with Crippen molar-refractivity contribution in [1.82, 2.24) is 4.57 Å². The molecule has 20 heavy (non-hydrogen) atoms. The van der Waals surface area contributed by atoms with Gasteiger partial charge < -0.3 is 9.47 Å². The van der Waals surface area contributed by atoms with E-state index in [1.807, 2.05) is 24.6 Å². The Labute approximate surface area is 126 Å². The van der Waals surface area contributed by atoms with Crippen LogP contribution in [0.2, 0.25) is 0 Å². The summed E-state index contributed by atoms with van der Waals surface area (Å²) in [6.07, 6.45) is 1.85. The van der Waals surface area contributed by atoms with Crippen LogP contribution in [0, 0.1) is 5.82 Å². The first kappa shape index (κ1) is 14.8. The van der Waals surface area contributed by atoms with Crippen LogP contribution in [0.25, 0.3) is 0 Å². The monoisotopic (exact) mass is 338 g/mol. The molecule has 1 heterocycles. The van der Waals surface area contributed by atoms with Gasteiger partial charge in [-0.2, -0.15) is 0 Å². The molecule has 0 fully saturated rings. The van der Waals surface area contributed by atoms with Crippen LogP contribution in [0.3, 0.4) is 0 Å². The summed E-state index contributed by atoms with van der Waals surface area (Å²) in [5, 5.41) is 0. The van der Waals surface area contributed by atoms with Gasteiger partial charge in [0.05, 0.1) is 5.69 Å². The Morgan fingerprint density at radius 1 is 1.35 bits per heavy atom. The van der Waals surface area contributed by atoms with Crippen LogP contribution in [0.4, 0.5) is 10.1 Å². The number of hydrogen-bond donors (Lipinski definition) is 0. The van der Waals surface area contributed by atoms with E-state index >= 15 is 0 Å². The minimum Gasteiger partial charge on any atom is -0.343 e. The summed E-state index contributed by atoms with van der Waals surface area (Å²) < 4.78 is 16.6. The van der Waals surface area contributed by atoms with Gasteiger partial charge in [-0.05, 0) is 48.0 Å². The lowest BCUT2D eigenvalue weighted by molar-refractivity contribution is 0.0978. The topological polar surface area (TPSA) is 25.2 Å². The highest BCUT2D eigenvalue weighted by Crippen LogP contribution is 2.23. The number of carbonyl (C=O) groups excluding carboxylic acids is 1. The number of aryl methyl sites for hydroxylation is 1. The minimum atomic E-state index is -0.392. The largest absolute Gasteiger partial charge is 0.343 e. The van der Waals surface area contributed by atoms with Crippen molar-refractivity contribution in [2.45, 2.75) is 20.4 Å². The average Bonchev–Trinajstić information content (AvgIpc) is 2.82. The number of carbonyl (C=O) groups is 1. The number of hydrogen-bond acceptors (Lipinski definition) is 1. The van der Waals surface area contributed by atoms with Crippen molar-refractivity contribution in [2.75, 3.05) is 11.4 Å². The summed E-state index contributed by atoms with van der Waals surface area (Å²) >= 11 is 3.37. The second-order valence-electron chi connectivity index (χ2n) is 4.33. The lowest BCUT2D eigenvalue weighted by atomic mass is 10.2. The molecular weight excluding hydrogens is 323 g/mol. The van der Waals surface area contributed by atoms with E-state index in [1.165, 1.54) is 11.0 Å². The smallest absolute Gasteiger partial charge is 0.275 e. The van der Waals surface area contributed by atoms with Gasteiger partial charge in [-0.3, -0.25) is 4.79 Å². The van der Waals surface area contributed by atoms with Gasteiger partial charge in [-0.25, -0.2) is 4.39 Å². The number of nitrogens with zero attached hydrogens (tertiary/aromatic N) is 2. The fourth-order valence-corrected chi connectivity index (χ4v) is 2.61. The molecule has 0 unspecified atom stereocenters. The molecule has 0 bridgehead atoms. The number of anilines is 1. The van der Waals surface area contributed by atoms with E-state index in [9.17, 15) is 9.18 Å². The van der Waals surface area contributed by atoms with Crippen molar-refractivity contribution in [3.05, 3.63) is 52.5 Å². The van der Waals surface area contributed by atoms with Gasteiger partial charge in [0.1, 0.15) is 11.5 Å². The number of benzene rings is 1. The van der Waals surface area contributed by atoms with Crippen molar-refractivity contribution < 1.29 is 9.18 Å². The SMILES string of the molecule is CCN(C(=O)c1cc(Br)cn1CC)c1ccccc1F. The number of para-hydroxylation sites is 1. The zero-order valence-electron chi connectivity index (χ0n) is 11.4. The molecule has 2 aromatic rings. The Bertz CT molecular complexity index is 624. The molecule has 106 valence electrons. The van der Waals surface area contributed by atoms with E-state index in [2.05, 4.69) is 15.9 Å². The van der Waals surface area contributed by atoms with E-state index < -0.39 is 5.82 Å². The molecular formula is C15H16BrFN2O. The first-order valence-corrected chi connectivity index (χ1v) is 7.29. The van der Waals surface area contributed by atoms with Gasteiger partial charge in [-0.15, -0.1) is 0 Å². The first-order chi connectivity index (χ1) is 9.58. The molecule has 0 aliphatic carbocycles. The molecule has 0 aliphatic heterocycles. The highest BCUT2D eigenvalue weighted by atomic mass is 79.9. The predicted molar refractivity (Wildman–Crippen MR) is 81.6 cm³/mol. The fourth-order valence-electron chi connectivity index (χ4n) is 2.15. The summed E-state index contributed by atoms with van der Waals surface area (Å²) in [4.78, 5) is 14.1. The Hall–Kier alpha value is -1.62. The Morgan fingerprint density at radius 2 is 2.05 bits per heavy atom. The molecule has 0 saturated carbocycles. The maximum Gasteiger partial charge on any atom is 0.275 e. The molecule has 1 aromatic heterocycles. The van der Waals surface area contributed by atoms with E-state index in [0.717, 1.165) is 4.47 Å². The molecule has 0 aliphatic rings. The fraction of sp³-hybridized carbons (Fsp3) is 0.267. The highest BCUT2D eigenvalue weighted by molar-refractivity contribution is 9.10. The van der Waals surface area contributed by atoms with E-state index in [4.69, 9.17) is 0 Å². The van der Waals surface area contributed by atoms with Gasteiger partial charge >= 0.3 is 0 Å². The standard InChI is InChI=1S/C15H16BrFN2O/c1-3-18-10-11(16)9-14(18)15(20)19(4-2)13-8-6-5-7-12(13)17/h5-10H,3-4H2,1-2H3. The lowest BCUT2D eigenvalue weighted by Crippen LogP contribution is -2.32. The second kappa shape index (κ2) is 6.22. The molecule has 1 aromatic carbocycles. The summed E-state index contributed by atoms with van der Waals surface area (Å²) in [5.41, 5.74) is 0.851. The predicted octanol–water partition coefficient (Wildman–Crippen LogP) is 4.08. The zero-order valence-corrected chi connectivity index (χ0v) is 13.0. The number of halogens is 2. The summed E-state index contributed by atoms with van der Waals surface area (Å²) in [6, 6.07) is 8.08. The van der Waals surface area contributed by atoms with Crippen LogP contribution < -0.4 is 4.90 Å². The van der Waals surface area contributed by atoms with Crippen molar-refractivity contribution in [3.63, 3.8) is 0 Å². The van der Waals surface area contributed by atoms with Crippen LogP contribution in [-0.2, 0) is 6.54 Å². The maximum atomic E-state index is 13.9. The van der Waals surface area contributed by atoms with Crippen molar-refractivity contribution in [3.8, 4) is 0 Å². The van der Waals surface area contributed by atoms with Crippen LogP contribution in [0.5, 0.6) is 0 Å². The van der Waals surface area contributed by atoms with Crippen LogP contribution in [0.15, 0.2) is 41.0 Å². The van der Waals surface area contributed by atoms with Gasteiger partial charge in [0.15, 0.2) is 0 Å². The molecule has 3 nitrogen and oxygen atoms in total. The average molecular weight is 339 g/mol. The van der Waals surface area contributed by atoms with Crippen molar-refractivity contribution in [2.24, 2.45) is 0 Å². The molecule has 2 rings (SSSR count). The normalized spacial score (nSPS) is 10.6.